The third kappa shape index (κ3) is 14.7. The number of methoxy groups -OCH3 is 1. The topological polar surface area (TPSA) is 242 Å². The lowest BCUT2D eigenvalue weighted by atomic mass is 9.90. The van der Waals surface area contributed by atoms with E-state index in [-0.39, 0.29) is 56.6 Å². The van der Waals surface area contributed by atoms with Gasteiger partial charge in [-0.2, -0.15) is 0 Å². The van der Waals surface area contributed by atoms with Crippen LogP contribution in [0.15, 0.2) is 72.8 Å². The lowest BCUT2D eigenvalue weighted by molar-refractivity contribution is -0.152. The number of esters is 1. The summed E-state index contributed by atoms with van der Waals surface area (Å²) in [5.74, 6) is 0.401. The van der Waals surface area contributed by atoms with Gasteiger partial charge in [-0.15, -0.1) is 12.4 Å². The van der Waals surface area contributed by atoms with Gasteiger partial charge in [-0.05, 0) is 56.6 Å². The highest BCUT2D eigenvalue weighted by Crippen LogP contribution is 2.29. The van der Waals surface area contributed by atoms with Gasteiger partial charge in [0.1, 0.15) is 60.5 Å². The molecule has 5 aliphatic rings. The van der Waals surface area contributed by atoms with Crippen LogP contribution in [0.2, 0.25) is 0 Å². The Labute approximate surface area is 381 Å². The zero-order valence-corrected chi connectivity index (χ0v) is 37.5. The van der Waals surface area contributed by atoms with Gasteiger partial charge < -0.3 is 55.0 Å². The number of allylic oxidation sites excluding steroid dienone is 2. The average Bonchev–Trinajstić information content (AvgIpc) is 4.03. The van der Waals surface area contributed by atoms with Crippen LogP contribution in [0.1, 0.15) is 75.8 Å². The van der Waals surface area contributed by atoms with Crippen molar-refractivity contribution in [2.75, 3.05) is 26.9 Å². The smallest absolute Gasteiger partial charge is 0.338 e. The Morgan fingerprint density at radius 3 is 1.88 bits per heavy atom. The molecule has 3 aliphatic heterocycles. The Hall–Kier alpha value is -4.03. The van der Waals surface area contributed by atoms with Crippen LogP contribution in [0.3, 0.4) is 0 Å². The molecule has 10 atom stereocenters. The van der Waals surface area contributed by atoms with E-state index in [0.717, 1.165) is 55.4 Å². The lowest BCUT2D eigenvalue weighted by Crippen LogP contribution is -2.49. The van der Waals surface area contributed by atoms with Crippen LogP contribution in [0, 0.1) is 17.8 Å². The summed E-state index contributed by atoms with van der Waals surface area (Å²) < 4.78 is 26.3. The molecule has 7 rings (SSSR count). The number of ketones is 3. The minimum absolute atomic E-state index is 0. The third-order valence-electron chi connectivity index (χ3n) is 12.2. The van der Waals surface area contributed by atoms with E-state index in [1.54, 1.807) is 19.1 Å². The van der Waals surface area contributed by atoms with Gasteiger partial charge in [0.15, 0.2) is 23.8 Å². The number of aliphatic hydroxyl groups excluding tert-OH is 5. The molecule has 2 saturated carbocycles. The summed E-state index contributed by atoms with van der Waals surface area (Å²) in [6.07, 6.45) is 6.50. The summed E-state index contributed by atoms with van der Waals surface area (Å²) in [7, 11) is 1.33. The van der Waals surface area contributed by atoms with Gasteiger partial charge in [0.25, 0.3) is 0 Å². The number of halogens is 1. The number of Topliss-reactive ketones (excluding diaryl/α,β-unsaturated/α-hetero) is 3. The molecule has 64 heavy (non-hydrogen) atoms. The predicted molar refractivity (Wildman–Crippen MR) is 238 cm³/mol. The summed E-state index contributed by atoms with van der Waals surface area (Å²) in [4.78, 5) is 48.4. The monoisotopic (exact) mass is 915 g/mol. The number of carbonyl (C=O) groups excluding carboxylic acids is 4. The molecular formula is C48H66ClNO14. The van der Waals surface area contributed by atoms with Crippen LogP contribution in [0.4, 0.5) is 0 Å². The van der Waals surface area contributed by atoms with E-state index in [9.17, 15) is 44.7 Å². The Morgan fingerprint density at radius 2 is 1.33 bits per heavy atom. The van der Waals surface area contributed by atoms with E-state index in [1.165, 1.54) is 26.0 Å². The Kier molecular flexibility index (Phi) is 21.5. The number of hydrogen-bond acceptors (Lipinski definition) is 15. The average molecular weight is 917 g/mol. The summed E-state index contributed by atoms with van der Waals surface area (Å²) in [6, 6.07) is 14.3. The molecule has 354 valence electrons. The first-order valence-electron chi connectivity index (χ1n) is 22.2. The summed E-state index contributed by atoms with van der Waals surface area (Å²) in [6.45, 7) is 2.16. The number of cyclic esters (lactones) is 1. The Bertz CT molecular complexity index is 1860. The van der Waals surface area contributed by atoms with E-state index in [4.69, 9.17) is 29.4 Å². The van der Waals surface area contributed by atoms with Crippen molar-refractivity contribution >= 4 is 35.7 Å². The molecule has 2 aromatic carbocycles. The van der Waals surface area contributed by atoms with Crippen LogP contribution in [0.25, 0.3) is 0 Å². The predicted octanol–water partition coefficient (Wildman–Crippen LogP) is 3.33. The zero-order chi connectivity index (χ0) is 45.5. The number of nitrogens with two attached hydrogens (primary N) is 1. The Morgan fingerprint density at radius 1 is 0.797 bits per heavy atom. The maximum absolute atomic E-state index is 13.0. The van der Waals surface area contributed by atoms with Crippen LogP contribution < -0.4 is 15.2 Å². The van der Waals surface area contributed by atoms with E-state index < -0.39 is 72.5 Å². The number of carbonyl (C=O) groups is 4. The molecule has 0 unspecified atom stereocenters. The number of para-hydroxylation sites is 2. The van der Waals surface area contributed by atoms with Crippen molar-refractivity contribution < 1.29 is 68.4 Å². The molecule has 0 bridgehead atoms. The van der Waals surface area contributed by atoms with Crippen molar-refractivity contribution in [1.29, 1.82) is 0 Å². The van der Waals surface area contributed by atoms with Crippen LogP contribution in [-0.2, 0) is 46.2 Å². The van der Waals surface area contributed by atoms with Gasteiger partial charge in [0.2, 0.25) is 0 Å². The number of ether oxygens (including phenoxy) is 5. The minimum atomic E-state index is -1.62. The highest BCUT2D eigenvalue weighted by molar-refractivity contribution is 5.92. The fourth-order valence-corrected chi connectivity index (χ4v) is 8.42. The molecule has 3 heterocycles. The molecule has 7 N–H and O–H groups in total. The van der Waals surface area contributed by atoms with Gasteiger partial charge in [0.05, 0.1) is 18.6 Å². The molecule has 0 amide bonds. The molecule has 16 heteroatoms. The van der Waals surface area contributed by atoms with Crippen LogP contribution >= 0.6 is 12.4 Å². The molecule has 0 radical (unpaired) electrons. The SMILES string of the molecule is CCO[C@@H](C(=O)C[C@H]1COc2ccccc2CC1=O)[C@H](O)[C@@H](O)[C@H](O)/C=C/C1CCCC1.CO[C@H]1C(=O)O[C@@H]([C@H](O)/C=C/C2CCCC2)[C@H]1O.Cl.N[C@H]1COc2ccccc2CC1=O. The van der Waals surface area contributed by atoms with Crippen molar-refractivity contribution in [1.82, 2.24) is 0 Å². The van der Waals surface area contributed by atoms with Gasteiger partial charge >= 0.3 is 5.97 Å². The fraction of sp³-hybridized carbons (Fsp3) is 0.583. The Balaban J connectivity index is 0.000000235. The first-order chi connectivity index (χ1) is 30.3. The van der Waals surface area contributed by atoms with E-state index in [1.807, 2.05) is 54.6 Å². The summed E-state index contributed by atoms with van der Waals surface area (Å²) >= 11 is 0. The second-order valence-electron chi connectivity index (χ2n) is 16.8. The van der Waals surface area contributed by atoms with Gasteiger partial charge in [-0.1, -0.05) is 86.4 Å². The molecule has 0 aromatic heterocycles. The molecular weight excluding hydrogens is 850 g/mol. The molecule has 1 saturated heterocycles. The zero-order valence-electron chi connectivity index (χ0n) is 36.7. The molecule has 2 aliphatic carbocycles. The maximum Gasteiger partial charge on any atom is 0.338 e. The highest BCUT2D eigenvalue weighted by Gasteiger charge is 2.47. The van der Waals surface area contributed by atoms with Crippen molar-refractivity contribution in [3.63, 3.8) is 0 Å². The fourth-order valence-electron chi connectivity index (χ4n) is 8.42. The van der Waals surface area contributed by atoms with Crippen molar-refractivity contribution in [3.05, 3.63) is 84.0 Å². The first kappa shape index (κ1) is 52.6. The number of aliphatic hydroxyl groups is 5. The van der Waals surface area contributed by atoms with E-state index in [2.05, 4.69) is 0 Å². The van der Waals surface area contributed by atoms with Crippen molar-refractivity contribution in [2.45, 2.75) is 132 Å². The number of benzene rings is 2. The second-order valence-corrected chi connectivity index (χ2v) is 16.8. The normalized spacial score (nSPS) is 25.9. The standard InChI is InChI=1S/C25H34O7.C13H20O5.C10H11NO2.ClH/c1-2-31-25(24(30)23(29)19(26)12-11-16-7-3-4-8-16)21(28)14-18-15-32-22-10-6-5-9-17(22)13-20(18)27;1-17-12-10(15)11(18-13(12)16)9(14)7-6-8-4-2-3-5-8;11-8-6-13-10-4-2-1-3-7(10)5-9(8)12;/h5-6,9-12,16,18-19,23-26,29-30H,2-4,7-8,13-15H2,1H3;6-12,14-15H,2-5H2,1H3;1-4,8H,5-6,11H2;1H/b12-11+;7-6+;;/t18-,19+,23-,24+,25-;9-,10-,11+,12-;8-;/m010./s1. The summed E-state index contributed by atoms with van der Waals surface area (Å²) in [5, 5.41) is 51.1. The highest BCUT2D eigenvalue weighted by atomic mass is 35.5. The second kappa shape index (κ2) is 26.2. The van der Waals surface area contributed by atoms with E-state index >= 15 is 0 Å². The quantitative estimate of drug-likeness (QED) is 0.118. The van der Waals surface area contributed by atoms with E-state index in [0.29, 0.717) is 24.0 Å². The summed E-state index contributed by atoms with van der Waals surface area (Å²) in [5.41, 5.74) is 7.29. The van der Waals surface area contributed by atoms with Gasteiger partial charge in [-0.3, -0.25) is 14.4 Å². The lowest BCUT2D eigenvalue weighted by Gasteiger charge is -2.28. The van der Waals surface area contributed by atoms with Gasteiger partial charge in [-0.25, -0.2) is 4.79 Å². The maximum atomic E-state index is 13.0. The van der Waals surface area contributed by atoms with Gasteiger partial charge in [0, 0.05) is 44.1 Å². The van der Waals surface area contributed by atoms with Crippen LogP contribution in [-0.4, -0.2) is 131 Å². The largest absolute Gasteiger partial charge is 0.493 e. The first-order valence-corrected chi connectivity index (χ1v) is 22.2. The van der Waals surface area contributed by atoms with Crippen LogP contribution in [0.5, 0.6) is 11.5 Å². The number of fused-ring (bicyclic) bond motifs is 2. The number of hydrogen-bond donors (Lipinski definition) is 6. The third-order valence-corrected chi connectivity index (χ3v) is 12.2. The minimum Gasteiger partial charge on any atom is -0.493 e. The number of rotatable bonds is 14. The molecule has 15 nitrogen and oxygen atoms in total. The van der Waals surface area contributed by atoms with Crippen molar-refractivity contribution in [3.8, 4) is 11.5 Å². The molecule has 2 aromatic rings. The molecule has 0 spiro atoms. The van der Waals surface area contributed by atoms with Crippen molar-refractivity contribution in [2.24, 2.45) is 23.5 Å². The molecule has 3 fully saturated rings.